The van der Waals surface area contributed by atoms with Crippen molar-refractivity contribution in [2.75, 3.05) is 19.9 Å². The van der Waals surface area contributed by atoms with Gasteiger partial charge >= 0.3 is 0 Å². The quantitative estimate of drug-likeness (QED) is 0.626. The van der Waals surface area contributed by atoms with Crippen molar-refractivity contribution in [2.24, 2.45) is 0 Å². The molecule has 0 bridgehead atoms. The minimum Gasteiger partial charge on any atom is -0.484 e. The van der Waals surface area contributed by atoms with Crippen molar-refractivity contribution in [3.05, 3.63) is 59.7 Å². The fourth-order valence-electron chi connectivity index (χ4n) is 2.75. The molecule has 0 saturated carbocycles. The Kier molecular flexibility index (Phi) is 7.56. The van der Waals surface area contributed by atoms with Crippen LogP contribution >= 0.6 is 0 Å². The van der Waals surface area contributed by atoms with Crippen LogP contribution in [0.4, 0.5) is 0 Å². The second kappa shape index (κ2) is 9.69. The lowest BCUT2D eigenvalue weighted by Gasteiger charge is -2.25. The maximum absolute atomic E-state index is 12.5. The van der Waals surface area contributed by atoms with Gasteiger partial charge in [-0.2, -0.15) is 0 Å². The van der Waals surface area contributed by atoms with Crippen molar-refractivity contribution in [1.82, 2.24) is 4.90 Å². The highest BCUT2D eigenvalue weighted by molar-refractivity contribution is 7.90. The van der Waals surface area contributed by atoms with Gasteiger partial charge in [-0.25, -0.2) is 8.42 Å². The van der Waals surface area contributed by atoms with E-state index in [0.717, 1.165) is 17.4 Å². The van der Waals surface area contributed by atoms with Crippen molar-refractivity contribution < 1.29 is 22.7 Å². The molecule has 29 heavy (non-hydrogen) atoms. The van der Waals surface area contributed by atoms with E-state index in [0.29, 0.717) is 18.6 Å². The first kappa shape index (κ1) is 22.6. The van der Waals surface area contributed by atoms with Crippen LogP contribution in [0.25, 0.3) is 0 Å². The number of amides is 1. The molecule has 0 fully saturated rings. The molecular formula is C22H27NO5S. The van der Waals surface area contributed by atoms with Gasteiger partial charge in [0.1, 0.15) is 11.5 Å². The molecule has 6 nitrogen and oxygen atoms in total. The lowest BCUT2D eigenvalue weighted by atomic mass is 10.1. The van der Waals surface area contributed by atoms with Crippen molar-refractivity contribution >= 4 is 21.5 Å². The Hall–Kier alpha value is -2.67. The average molecular weight is 418 g/mol. The Labute approximate surface area is 172 Å². The predicted octanol–water partition coefficient (Wildman–Crippen LogP) is 3.21. The fraction of sp³-hybridized carbons (Fsp3) is 0.364. The number of ether oxygens (including phenoxy) is 1. The maximum atomic E-state index is 12.5. The van der Waals surface area contributed by atoms with Gasteiger partial charge < -0.3 is 14.4 Å². The van der Waals surface area contributed by atoms with Crippen LogP contribution in [0.1, 0.15) is 37.4 Å². The Morgan fingerprint density at radius 3 is 2.14 bits per heavy atom. The van der Waals surface area contributed by atoms with E-state index in [9.17, 15) is 18.0 Å². The molecule has 0 aliphatic carbocycles. The number of aryl methyl sites for hydroxylation is 1. The number of carbonyl (C=O) groups is 2. The highest BCUT2D eigenvalue weighted by Crippen LogP contribution is 2.21. The van der Waals surface area contributed by atoms with E-state index in [1.807, 2.05) is 19.1 Å². The molecule has 7 heteroatoms. The summed E-state index contributed by atoms with van der Waals surface area (Å²) in [5.74, 6) is 0.549. The number of likely N-dealkylation sites (N-methyl/N-ethyl adjacent to an activating group) is 1. The lowest BCUT2D eigenvalue weighted by molar-refractivity contribution is -0.134. The fourth-order valence-corrected chi connectivity index (χ4v) is 3.38. The topological polar surface area (TPSA) is 80.8 Å². The minimum absolute atomic E-state index is 0.102. The molecular weight excluding hydrogens is 390 g/mol. The van der Waals surface area contributed by atoms with Gasteiger partial charge in [0.05, 0.1) is 10.9 Å². The zero-order valence-electron chi connectivity index (χ0n) is 17.2. The number of sulfone groups is 1. The van der Waals surface area contributed by atoms with E-state index in [4.69, 9.17) is 4.74 Å². The van der Waals surface area contributed by atoms with Gasteiger partial charge in [-0.05, 0) is 55.7 Å². The molecule has 0 spiro atoms. The molecule has 0 saturated heterocycles. The van der Waals surface area contributed by atoms with Crippen molar-refractivity contribution in [1.29, 1.82) is 0 Å². The number of benzene rings is 2. The lowest BCUT2D eigenvalue weighted by Crippen LogP contribution is -2.33. The first-order valence-corrected chi connectivity index (χ1v) is 11.2. The Morgan fingerprint density at radius 2 is 1.62 bits per heavy atom. The van der Waals surface area contributed by atoms with E-state index in [-0.39, 0.29) is 29.2 Å². The van der Waals surface area contributed by atoms with Crippen LogP contribution in [0.15, 0.2) is 53.4 Å². The van der Waals surface area contributed by atoms with Crippen LogP contribution in [0.3, 0.4) is 0 Å². The number of carbonyl (C=O) groups excluding carboxylic acids is 2. The van der Waals surface area contributed by atoms with E-state index in [2.05, 4.69) is 0 Å². The minimum atomic E-state index is -3.25. The van der Waals surface area contributed by atoms with Crippen molar-refractivity contribution in [3.63, 3.8) is 0 Å². The van der Waals surface area contributed by atoms with Gasteiger partial charge in [0.15, 0.2) is 16.4 Å². The highest BCUT2D eigenvalue weighted by atomic mass is 32.2. The SMILES string of the molecule is CC(=O)CCc1ccc(OCC(=O)N(C)C(C)c2ccc(S(C)(=O)=O)cc2)cc1. The third-order valence-electron chi connectivity index (χ3n) is 4.82. The first-order chi connectivity index (χ1) is 13.6. The normalized spacial score (nSPS) is 12.3. The summed E-state index contributed by atoms with van der Waals surface area (Å²) >= 11 is 0. The van der Waals surface area contributed by atoms with E-state index >= 15 is 0 Å². The van der Waals surface area contributed by atoms with Crippen LogP contribution in [0.5, 0.6) is 5.75 Å². The molecule has 1 unspecified atom stereocenters. The zero-order chi connectivity index (χ0) is 21.6. The largest absolute Gasteiger partial charge is 0.484 e. The molecule has 0 aliphatic heterocycles. The van der Waals surface area contributed by atoms with Gasteiger partial charge in [-0.3, -0.25) is 4.79 Å². The van der Waals surface area contributed by atoms with E-state index in [1.165, 1.54) is 0 Å². The Morgan fingerprint density at radius 1 is 1.03 bits per heavy atom. The first-order valence-electron chi connectivity index (χ1n) is 9.35. The third-order valence-corrected chi connectivity index (χ3v) is 5.94. The van der Waals surface area contributed by atoms with Crippen LogP contribution < -0.4 is 4.74 Å². The Balaban J connectivity index is 1.92. The summed E-state index contributed by atoms with van der Waals surface area (Å²) in [6.45, 7) is 3.34. The van der Waals surface area contributed by atoms with Gasteiger partial charge in [0, 0.05) is 19.7 Å². The summed E-state index contributed by atoms with van der Waals surface area (Å²) in [5.41, 5.74) is 1.88. The van der Waals surface area contributed by atoms with Crippen molar-refractivity contribution in [3.8, 4) is 5.75 Å². The van der Waals surface area contributed by atoms with E-state index in [1.54, 1.807) is 55.3 Å². The highest BCUT2D eigenvalue weighted by Gasteiger charge is 2.18. The number of hydrogen-bond acceptors (Lipinski definition) is 5. The third kappa shape index (κ3) is 6.71. The van der Waals surface area contributed by atoms with Crippen LogP contribution in [0, 0.1) is 0 Å². The Bertz CT molecular complexity index is 950. The van der Waals surface area contributed by atoms with Crippen LogP contribution in [-0.2, 0) is 25.8 Å². The predicted molar refractivity (Wildman–Crippen MR) is 112 cm³/mol. The van der Waals surface area contributed by atoms with E-state index < -0.39 is 9.84 Å². The van der Waals surface area contributed by atoms with Crippen molar-refractivity contribution in [2.45, 2.75) is 37.6 Å². The number of Topliss-reactive ketones (excluding diaryl/α,β-unsaturated/α-hetero) is 1. The number of ketones is 1. The van der Waals surface area contributed by atoms with Crippen LogP contribution in [0.2, 0.25) is 0 Å². The van der Waals surface area contributed by atoms with Crippen LogP contribution in [-0.4, -0.2) is 44.9 Å². The molecule has 0 aliphatic rings. The standard InChI is InChI=1S/C22H27NO5S/c1-16(24)5-6-18-7-11-20(12-8-18)28-15-22(25)23(3)17(2)19-9-13-21(14-10-19)29(4,26)27/h7-14,17H,5-6,15H2,1-4H3. The summed E-state index contributed by atoms with van der Waals surface area (Å²) < 4.78 is 28.7. The molecule has 2 aromatic carbocycles. The average Bonchev–Trinajstić information content (AvgIpc) is 2.69. The summed E-state index contributed by atoms with van der Waals surface area (Å²) in [6, 6.07) is 13.6. The number of hydrogen-bond donors (Lipinski definition) is 0. The monoisotopic (exact) mass is 417 g/mol. The summed E-state index contributed by atoms with van der Waals surface area (Å²) in [7, 11) is -1.56. The summed E-state index contributed by atoms with van der Waals surface area (Å²) in [6.07, 6.45) is 2.35. The smallest absolute Gasteiger partial charge is 0.260 e. The molecule has 1 amide bonds. The summed E-state index contributed by atoms with van der Waals surface area (Å²) in [5, 5.41) is 0. The molecule has 1 atom stereocenters. The molecule has 2 aromatic rings. The molecule has 156 valence electrons. The second-order valence-electron chi connectivity index (χ2n) is 7.16. The van der Waals surface area contributed by atoms with Gasteiger partial charge in [-0.15, -0.1) is 0 Å². The summed E-state index contributed by atoms with van der Waals surface area (Å²) in [4.78, 5) is 25.3. The second-order valence-corrected chi connectivity index (χ2v) is 9.17. The van der Waals surface area contributed by atoms with Gasteiger partial charge in [-0.1, -0.05) is 24.3 Å². The molecule has 0 heterocycles. The molecule has 2 rings (SSSR count). The number of rotatable bonds is 9. The van der Waals surface area contributed by atoms with Gasteiger partial charge in [0.2, 0.25) is 0 Å². The molecule has 0 N–H and O–H groups in total. The van der Waals surface area contributed by atoms with Gasteiger partial charge in [0.25, 0.3) is 5.91 Å². The molecule has 0 aromatic heterocycles. The maximum Gasteiger partial charge on any atom is 0.260 e. The number of nitrogens with zero attached hydrogens (tertiary/aromatic N) is 1. The molecule has 0 radical (unpaired) electrons. The zero-order valence-corrected chi connectivity index (χ0v) is 18.0.